The fourth-order valence-corrected chi connectivity index (χ4v) is 9.14. The maximum absolute atomic E-state index is 12.9. The molecule has 344 valence electrons. The minimum atomic E-state index is -0.00877. The lowest BCUT2D eigenvalue weighted by Gasteiger charge is -2.33. The van der Waals surface area contributed by atoms with Crippen molar-refractivity contribution >= 4 is 11.9 Å². The lowest BCUT2D eigenvalue weighted by molar-refractivity contribution is -0.145. The van der Waals surface area contributed by atoms with Crippen molar-refractivity contribution in [3.05, 3.63) is 0 Å². The summed E-state index contributed by atoms with van der Waals surface area (Å²) in [5, 5.41) is 13.3. The Hall–Kier alpha value is -1.18. The summed E-state index contributed by atoms with van der Waals surface area (Å²) in [6.07, 6.45) is 40.7. The second kappa shape index (κ2) is 41.2. The summed E-state index contributed by atoms with van der Waals surface area (Å²) in [4.78, 5) is 30.9. The highest BCUT2D eigenvalue weighted by Crippen LogP contribution is 2.23. The van der Waals surface area contributed by atoms with Gasteiger partial charge in [-0.3, -0.25) is 14.5 Å². The van der Waals surface area contributed by atoms with Crippen LogP contribution in [0, 0.1) is 11.8 Å². The Labute approximate surface area is 361 Å². The zero-order valence-corrected chi connectivity index (χ0v) is 39.5. The SMILES string of the molecule is CCCCCCC(CCCCCC)CNC(=O)CCCCCN(CCCCCC(=O)OCC(CCCCCC)CCCCCC)CCN(CCO)C1CCCCCC1. The molecule has 0 spiro atoms. The Kier molecular flexibility index (Phi) is 38.9. The molecular weight excluding hydrogens is 719 g/mol. The van der Waals surface area contributed by atoms with Crippen LogP contribution in [0.1, 0.15) is 246 Å². The first kappa shape index (κ1) is 54.8. The molecule has 7 heteroatoms. The van der Waals surface area contributed by atoms with Crippen LogP contribution in [0.2, 0.25) is 0 Å². The standard InChI is InChI=1S/C51H101N3O4/c1-5-9-13-21-31-47(32-22-14-10-6-2)45-52-50(56)37-27-19-29-39-53(41-42-54(43-44-55)49-35-25-17-18-26-36-49)40-30-20-28-38-51(57)58-46-48(33-23-15-11-7-3)34-24-16-12-8-4/h47-49,55H,5-46H2,1-4H3,(H,52,56). The molecule has 0 aliphatic heterocycles. The zero-order valence-electron chi connectivity index (χ0n) is 39.5. The minimum absolute atomic E-state index is 0.00877. The van der Waals surface area contributed by atoms with Crippen LogP contribution in [-0.2, 0) is 14.3 Å². The maximum atomic E-state index is 12.9. The molecule has 0 bridgehead atoms. The predicted octanol–water partition coefficient (Wildman–Crippen LogP) is 13.2. The van der Waals surface area contributed by atoms with E-state index in [0.29, 0.717) is 37.3 Å². The summed E-state index contributed by atoms with van der Waals surface area (Å²) in [5.41, 5.74) is 0. The first-order chi connectivity index (χ1) is 28.5. The van der Waals surface area contributed by atoms with E-state index in [1.165, 1.54) is 167 Å². The molecule has 1 aliphatic carbocycles. The third-order valence-electron chi connectivity index (χ3n) is 13.1. The Morgan fingerprint density at radius 3 is 1.53 bits per heavy atom. The van der Waals surface area contributed by atoms with Crippen LogP contribution < -0.4 is 5.32 Å². The topological polar surface area (TPSA) is 82.1 Å². The Morgan fingerprint density at radius 1 is 0.552 bits per heavy atom. The number of carbonyl (C=O) groups excluding carboxylic acids is 2. The maximum Gasteiger partial charge on any atom is 0.305 e. The molecule has 0 aromatic carbocycles. The Morgan fingerprint density at radius 2 is 1.03 bits per heavy atom. The quantitative estimate of drug-likeness (QED) is 0.0363. The second-order valence-corrected chi connectivity index (χ2v) is 18.5. The highest BCUT2D eigenvalue weighted by atomic mass is 16.5. The van der Waals surface area contributed by atoms with E-state index < -0.39 is 0 Å². The molecule has 0 heterocycles. The van der Waals surface area contributed by atoms with Crippen molar-refractivity contribution in [2.24, 2.45) is 11.8 Å². The number of aliphatic hydroxyl groups excluding tert-OH is 1. The lowest BCUT2D eigenvalue weighted by atomic mass is 9.94. The molecule has 0 aromatic rings. The van der Waals surface area contributed by atoms with Gasteiger partial charge >= 0.3 is 5.97 Å². The smallest absolute Gasteiger partial charge is 0.305 e. The van der Waals surface area contributed by atoms with Gasteiger partial charge in [-0.1, -0.05) is 169 Å². The van der Waals surface area contributed by atoms with Crippen LogP contribution >= 0.6 is 0 Å². The second-order valence-electron chi connectivity index (χ2n) is 18.5. The molecule has 58 heavy (non-hydrogen) atoms. The van der Waals surface area contributed by atoms with Gasteiger partial charge in [0.1, 0.15) is 0 Å². The van der Waals surface area contributed by atoms with E-state index in [1.54, 1.807) is 0 Å². The molecule has 0 radical (unpaired) electrons. The monoisotopic (exact) mass is 820 g/mol. The van der Waals surface area contributed by atoms with Gasteiger partial charge in [0, 0.05) is 45.1 Å². The number of nitrogens with one attached hydrogen (secondary N) is 1. The van der Waals surface area contributed by atoms with Gasteiger partial charge in [0.2, 0.25) is 5.91 Å². The van der Waals surface area contributed by atoms with Crippen molar-refractivity contribution in [3.63, 3.8) is 0 Å². The van der Waals surface area contributed by atoms with E-state index in [2.05, 4.69) is 42.8 Å². The van der Waals surface area contributed by atoms with E-state index in [0.717, 1.165) is 77.8 Å². The number of ether oxygens (including phenoxy) is 1. The number of hydrogen-bond donors (Lipinski definition) is 2. The number of rotatable bonds is 42. The number of aliphatic hydroxyl groups is 1. The molecule has 1 fully saturated rings. The molecule has 0 atom stereocenters. The number of nitrogens with zero attached hydrogens (tertiary/aromatic N) is 2. The van der Waals surface area contributed by atoms with Crippen molar-refractivity contribution in [3.8, 4) is 0 Å². The van der Waals surface area contributed by atoms with Gasteiger partial charge in [0.25, 0.3) is 0 Å². The van der Waals surface area contributed by atoms with Crippen molar-refractivity contribution in [1.29, 1.82) is 0 Å². The zero-order chi connectivity index (χ0) is 42.2. The number of unbranched alkanes of at least 4 members (excludes halogenated alkanes) is 16. The molecule has 1 amide bonds. The van der Waals surface area contributed by atoms with Gasteiger partial charge in [-0.2, -0.15) is 0 Å². The fourth-order valence-electron chi connectivity index (χ4n) is 9.14. The van der Waals surface area contributed by atoms with Gasteiger partial charge in [-0.05, 0) is 89.1 Å². The average molecular weight is 820 g/mol. The molecule has 0 unspecified atom stereocenters. The Bertz CT molecular complexity index is 817. The average Bonchev–Trinajstić information content (AvgIpc) is 3.52. The van der Waals surface area contributed by atoms with Crippen molar-refractivity contribution < 1.29 is 19.4 Å². The van der Waals surface area contributed by atoms with Gasteiger partial charge < -0.3 is 20.1 Å². The highest BCUT2D eigenvalue weighted by molar-refractivity contribution is 5.75. The summed E-state index contributed by atoms with van der Waals surface area (Å²) < 4.78 is 5.86. The first-order valence-corrected chi connectivity index (χ1v) is 26.0. The number of amides is 1. The summed E-state index contributed by atoms with van der Waals surface area (Å²) in [6.45, 7) is 15.7. The number of hydrogen-bond acceptors (Lipinski definition) is 6. The van der Waals surface area contributed by atoms with Crippen LogP contribution in [0.15, 0.2) is 0 Å². The van der Waals surface area contributed by atoms with E-state index in [1.807, 2.05) is 0 Å². The van der Waals surface area contributed by atoms with Crippen LogP contribution in [0.4, 0.5) is 0 Å². The molecule has 1 saturated carbocycles. The van der Waals surface area contributed by atoms with Gasteiger partial charge in [-0.25, -0.2) is 0 Å². The summed E-state index contributed by atoms with van der Waals surface area (Å²) in [7, 11) is 0. The largest absolute Gasteiger partial charge is 0.465 e. The van der Waals surface area contributed by atoms with Crippen LogP contribution in [0.25, 0.3) is 0 Å². The van der Waals surface area contributed by atoms with Gasteiger partial charge in [-0.15, -0.1) is 0 Å². The fraction of sp³-hybridized carbons (Fsp3) is 0.961. The van der Waals surface area contributed by atoms with Gasteiger partial charge in [0.15, 0.2) is 0 Å². The Balaban J connectivity index is 2.57. The van der Waals surface area contributed by atoms with E-state index >= 15 is 0 Å². The minimum Gasteiger partial charge on any atom is -0.465 e. The summed E-state index contributed by atoms with van der Waals surface area (Å²) >= 11 is 0. The van der Waals surface area contributed by atoms with Crippen molar-refractivity contribution in [1.82, 2.24) is 15.1 Å². The third kappa shape index (κ3) is 32.6. The molecule has 0 aromatic heterocycles. The van der Waals surface area contributed by atoms with Crippen molar-refractivity contribution in [2.45, 2.75) is 252 Å². The molecule has 0 saturated heterocycles. The third-order valence-corrected chi connectivity index (χ3v) is 13.1. The molecule has 1 aliphatic rings. The van der Waals surface area contributed by atoms with Crippen LogP contribution in [-0.4, -0.2) is 85.3 Å². The lowest BCUT2D eigenvalue weighted by Crippen LogP contribution is -2.43. The molecular formula is C51H101N3O4. The predicted molar refractivity (Wildman–Crippen MR) is 250 cm³/mol. The molecule has 1 rings (SSSR count). The van der Waals surface area contributed by atoms with E-state index in [4.69, 9.17) is 4.74 Å². The number of esters is 1. The van der Waals surface area contributed by atoms with E-state index in [-0.39, 0.29) is 18.5 Å². The van der Waals surface area contributed by atoms with Crippen molar-refractivity contribution in [2.75, 3.05) is 52.5 Å². The van der Waals surface area contributed by atoms with Gasteiger partial charge in [0.05, 0.1) is 13.2 Å². The van der Waals surface area contributed by atoms with Crippen LogP contribution in [0.5, 0.6) is 0 Å². The first-order valence-electron chi connectivity index (χ1n) is 26.0. The normalized spacial score (nSPS) is 13.9. The molecule has 7 nitrogen and oxygen atoms in total. The number of carbonyl (C=O) groups is 2. The summed E-state index contributed by atoms with van der Waals surface area (Å²) in [5.74, 6) is 1.37. The summed E-state index contributed by atoms with van der Waals surface area (Å²) in [6, 6.07) is 0.598. The van der Waals surface area contributed by atoms with E-state index in [9.17, 15) is 14.7 Å². The van der Waals surface area contributed by atoms with Crippen LogP contribution in [0.3, 0.4) is 0 Å². The molecule has 2 N–H and O–H groups in total. The highest BCUT2D eigenvalue weighted by Gasteiger charge is 2.21.